The minimum absolute atomic E-state index is 0.00942. The second-order valence-corrected chi connectivity index (χ2v) is 5.88. The standard InChI is InChI=1S/C10H9F2N3O3S/c1-15-8-5(3-6(7(11)12)9(15)16)4-13-10(14-8)19(2,17)18/h3-4,7H,1-2H3. The predicted octanol–water partition coefficient (Wildman–Crippen LogP) is 0.670. The lowest BCUT2D eigenvalue weighted by Gasteiger charge is -2.07. The van der Waals surface area contributed by atoms with Crippen molar-refractivity contribution in [1.29, 1.82) is 0 Å². The SMILES string of the molecule is Cn1c(=O)c(C(F)F)cc2cnc(S(C)(=O)=O)nc21. The van der Waals surface area contributed by atoms with Gasteiger partial charge in [-0.3, -0.25) is 9.36 Å². The summed E-state index contributed by atoms with van der Waals surface area (Å²) in [6.45, 7) is 0. The number of aryl methyl sites for hydroxylation is 1. The second-order valence-electron chi connectivity index (χ2n) is 3.97. The molecule has 0 aromatic carbocycles. The van der Waals surface area contributed by atoms with Crippen LogP contribution in [0.5, 0.6) is 0 Å². The van der Waals surface area contributed by atoms with Crippen LogP contribution in [0.15, 0.2) is 22.2 Å². The van der Waals surface area contributed by atoms with Crippen molar-refractivity contribution >= 4 is 20.9 Å². The average Bonchev–Trinajstić information content (AvgIpc) is 2.31. The van der Waals surface area contributed by atoms with Gasteiger partial charge in [0.15, 0.2) is 0 Å². The first-order valence-corrected chi connectivity index (χ1v) is 6.96. The lowest BCUT2D eigenvalue weighted by atomic mass is 10.2. The number of hydrogen-bond donors (Lipinski definition) is 0. The van der Waals surface area contributed by atoms with E-state index in [1.54, 1.807) is 0 Å². The molecule has 0 saturated carbocycles. The Morgan fingerprint density at radius 3 is 2.53 bits per heavy atom. The van der Waals surface area contributed by atoms with E-state index in [-0.39, 0.29) is 11.0 Å². The monoisotopic (exact) mass is 289 g/mol. The molecule has 9 heteroatoms. The highest BCUT2D eigenvalue weighted by Crippen LogP contribution is 2.19. The molecule has 0 unspecified atom stereocenters. The number of halogens is 2. The van der Waals surface area contributed by atoms with E-state index in [4.69, 9.17) is 0 Å². The number of alkyl halides is 2. The van der Waals surface area contributed by atoms with E-state index in [9.17, 15) is 22.0 Å². The molecule has 0 bridgehead atoms. The molecule has 0 fully saturated rings. The van der Waals surface area contributed by atoms with Crippen LogP contribution in [0.1, 0.15) is 12.0 Å². The number of aromatic nitrogens is 3. The first kappa shape index (κ1) is 13.5. The third kappa shape index (κ3) is 2.33. The fourth-order valence-electron chi connectivity index (χ4n) is 1.59. The summed E-state index contributed by atoms with van der Waals surface area (Å²) in [5.41, 5.74) is -1.60. The maximum Gasteiger partial charge on any atom is 0.269 e. The van der Waals surface area contributed by atoms with Gasteiger partial charge in [0.1, 0.15) is 5.65 Å². The third-order valence-electron chi connectivity index (χ3n) is 2.52. The van der Waals surface area contributed by atoms with Gasteiger partial charge in [-0.25, -0.2) is 22.2 Å². The normalized spacial score (nSPS) is 12.3. The lowest BCUT2D eigenvalue weighted by molar-refractivity contribution is 0.149. The van der Waals surface area contributed by atoms with E-state index in [0.717, 1.165) is 23.1 Å². The van der Waals surface area contributed by atoms with E-state index in [0.29, 0.717) is 0 Å². The minimum Gasteiger partial charge on any atom is -0.295 e. The second kappa shape index (κ2) is 4.34. The van der Waals surface area contributed by atoms with Gasteiger partial charge < -0.3 is 0 Å². The van der Waals surface area contributed by atoms with Crippen LogP contribution in [0.2, 0.25) is 0 Å². The molecule has 0 N–H and O–H groups in total. The molecule has 0 aliphatic carbocycles. The van der Waals surface area contributed by atoms with Crippen LogP contribution >= 0.6 is 0 Å². The zero-order valence-corrected chi connectivity index (χ0v) is 10.8. The summed E-state index contributed by atoms with van der Waals surface area (Å²) >= 11 is 0. The van der Waals surface area contributed by atoms with Crippen molar-refractivity contribution < 1.29 is 17.2 Å². The van der Waals surface area contributed by atoms with Crippen molar-refractivity contribution in [1.82, 2.24) is 14.5 Å². The molecular weight excluding hydrogens is 280 g/mol. The predicted molar refractivity (Wildman–Crippen MR) is 62.8 cm³/mol. The number of fused-ring (bicyclic) bond motifs is 1. The number of nitrogens with zero attached hydrogens (tertiary/aromatic N) is 3. The fourth-order valence-corrected chi connectivity index (χ4v) is 2.09. The molecule has 0 aliphatic rings. The molecule has 2 rings (SSSR count). The topological polar surface area (TPSA) is 81.9 Å². The summed E-state index contributed by atoms with van der Waals surface area (Å²) in [6.07, 6.45) is -0.901. The summed E-state index contributed by atoms with van der Waals surface area (Å²) in [5.74, 6) is 0. The first-order chi connectivity index (χ1) is 8.71. The Hall–Kier alpha value is -1.90. The molecule has 2 heterocycles. The van der Waals surface area contributed by atoms with Gasteiger partial charge in [0.2, 0.25) is 15.0 Å². The molecule has 0 saturated heterocycles. The molecular formula is C10H9F2N3O3S. The van der Waals surface area contributed by atoms with Gasteiger partial charge in [0.25, 0.3) is 12.0 Å². The number of rotatable bonds is 2. The summed E-state index contributed by atoms with van der Waals surface area (Å²) in [6, 6.07) is 0.967. The average molecular weight is 289 g/mol. The molecule has 0 radical (unpaired) electrons. The van der Waals surface area contributed by atoms with E-state index in [1.807, 2.05) is 0 Å². The van der Waals surface area contributed by atoms with E-state index in [1.165, 1.54) is 7.05 Å². The van der Waals surface area contributed by atoms with Gasteiger partial charge in [-0.1, -0.05) is 0 Å². The number of hydrogen-bond acceptors (Lipinski definition) is 5. The summed E-state index contributed by atoms with van der Waals surface area (Å²) in [5, 5.41) is -0.287. The highest BCUT2D eigenvalue weighted by molar-refractivity contribution is 7.90. The Labute approximate surface area is 106 Å². The van der Waals surface area contributed by atoms with Crippen molar-refractivity contribution in [2.24, 2.45) is 7.05 Å². The Balaban J connectivity index is 2.87. The van der Waals surface area contributed by atoms with Crippen LogP contribution in [0, 0.1) is 0 Å². The maximum absolute atomic E-state index is 12.7. The minimum atomic E-state index is -3.64. The largest absolute Gasteiger partial charge is 0.295 e. The number of pyridine rings is 1. The van der Waals surface area contributed by atoms with E-state index in [2.05, 4.69) is 9.97 Å². The van der Waals surface area contributed by atoms with Crippen LogP contribution < -0.4 is 5.56 Å². The van der Waals surface area contributed by atoms with Gasteiger partial charge in [0.05, 0.1) is 5.56 Å². The molecule has 2 aromatic heterocycles. The van der Waals surface area contributed by atoms with Crippen molar-refractivity contribution in [2.75, 3.05) is 6.26 Å². The van der Waals surface area contributed by atoms with Crippen molar-refractivity contribution in [3.8, 4) is 0 Å². The Morgan fingerprint density at radius 2 is 2.00 bits per heavy atom. The molecule has 19 heavy (non-hydrogen) atoms. The number of sulfone groups is 1. The summed E-state index contributed by atoms with van der Waals surface area (Å²) < 4.78 is 48.8. The van der Waals surface area contributed by atoms with Crippen LogP contribution in [0.25, 0.3) is 11.0 Å². The van der Waals surface area contributed by atoms with Gasteiger partial charge in [-0.05, 0) is 6.07 Å². The quantitative estimate of drug-likeness (QED) is 0.759. The summed E-state index contributed by atoms with van der Waals surface area (Å²) in [7, 11) is -2.39. The van der Waals surface area contributed by atoms with Crippen molar-refractivity contribution in [3.63, 3.8) is 0 Å². The van der Waals surface area contributed by atoms with Crippen LogP contribution in [0.4, 0.5) is 8.78 Å². The molecule has 0 amide bonds. The fraction of sp³-hybridized carbons (Fsp3) is 0.300. The highest BCUT2D eigenvalue weighted by Gasteiger charge is 2.18. The lowest BCUT2D eigenvalue weighted by Crippen LogP contribution is -2.23. The molecule has 0 atom stereocenters. The third-order valence-corrected chi connectivity index (χ3v) is 3.38. The van der Waals surface area contributed by atoms with Crippen molar-refractivity contribution in [3.05, 3.63) is 28.2 Å². The Bertz CT molecular complexity index is 815. The molecule has 0 aliphatic heterocycles. The zero-order valence-electron chi connectivity index (χ0n) is 9.96. The van der Waals surface area contributed by atoms with Gasteiger partial charge in [-0.2, -0.15) is 4.98 Å². The smallest absolute Gasteiger partial charge is 0.269 e. The first-order valence-electron chi connectivity index (χ1n) is 5.06. The van der Waals surface area contributed by atoms with Crippen molar-refractivity contribution in [2.45, 2.75) is 11.6 Å². The zero-order chi connectivity index (χ0) is 14.4. The molecule has 2 aromatic rings. The van der Waals surface area contributed by atoms with Crippen LogP contribution in [0.3, 0.4) is 0 Å². The van der Waals surface area contributed by atoms with E-state index < -0.39 is 32.5 Å². The van der Waals surface area contributed by atoms with Gasteiger partial charge >= 0.3 is 0 Å². The molecule has 0 spiro atoms. The maximum atomic E-state index is 12.7. The van der Waals surface area contributed by atoms with E-state index >= 15 is 0 Å². The van der Waals surface area contributed by atoms with Gasteiger partial charge in [-0.15, -0.1) is 0 Å². The molecule has 6 nitrogen and oxygen atoms in total. The van der Waals surface area contributed by atoms with Crippen LogP contribution in [-0.2, 0) is 16.9 Å². The highest BCUT2D eigenvalue weighted by atomic mass is 32.2. The summed E-state index contributed by atoms with van der Waals surface area (Å²) in [4.78, 5) is 19.0. The Kier molecular flexibility index (Phi) is 3.09. The Morgan fingerprint density at radius 1 is 1.37 bits per heavy atom. The van der Waals surface area contributed by atoms with Crippen LogP contribution in [-0.4, -0.2) is 29.2 Å². The molecule has 102 valence electrons. The van der Waals surface area contributed by atoms with Gasteiger partial charge in [0, 0.05) is 24.9 Å².